The lowest BCUT2D eigenvalue weighted by molar-refractivity contribution is -0.145. The number of aliphatic carboxylic acids is 1. The van der Waals surface area contributed by atoms with Crippen molar-refractivity contribution in [3.63, 3.8) is 0 Å². The van der Waals surface area contributed by atoms with Gasteiger partial charge >= 0.3 is 5.97 Å². The van der Waals surface area contributed by atoms with Crippen molar-refractivity contribution in [2.45, 2.75) is 51.5 Å². The molecule has 2 N–H and O–H groups in total. The summed E-state index contributed by atoms with van der Waals surface area (Å²) < 4.78 is 0. The second-order valence-electron chi connectivity index (χ2n) is 5.04. The molecule has 1 fully saturated rings. The van der Waals surface area contributed by atoms with Crippen molar-refractivity contribution in [1.82, 2.24) is 10.3 Å². The third kappa shape index (κ3) is 2.78. The Balaban J connectivity index is 2.20. The van der Waals surface area contributed by atoms with Gasteiger partial charge in [-0.15, -0.1) is 11.3 Å². The lowest BCUT2D eigenvalue weighted by Gasteiger charge is -2.33. The molecule has 1 heterocycles. The molecular formula is C13H18N2O3S. The Kier molecular flexibility index (Phi) is 3.89. The molecular weight excluding hydrogens is 264 g/mol. The Morgan fingerprint density at radius 3 is 2.37 bits per heavy atom. The molecule has 1 amide bonds. The van der Waals surface area contributed by atoms with E-state index in [4.69, 9.17) is 0 Å². The van der Waals surface area contributed by atoms with Crippen LogP contribution in [0.25, 0.3) is 0 Å². The number of carbonyl (C=O) groups excluding carboxylic acids is 1. The predicted molar refractivity (Wildman–Crippen MR) is 72.5 cm³/mol. The Bertz CT molecular complexity index is 504. The highest BCUT2D eigenvalue weighted by Crippen LogP contribution is 2.29. The summed E-state index contributed by atoms with van der Waals surface area (Å²) in [5.74, 6) is -1.31. The van der Waals surface area contributed by atoms with Crippen LogP contribution in [-0.2, 0) is 4.79 Å². The van der Waals surface area contributed by atoms with Crippen molar-refractivity contribution < 1.29 is 14.7 Å². The maximum absolute atomic E-state index is 12.2. The first-order valence-electron chi connectivity index (χ1n) is 6.44. The average molecular weight is 282 g/mol. The van der Waals surface area contributed by atoms with Crippen molar-refractivity contribution in [3.8, 4) is 0 Å². The van der Waals surface area contributed by atoms with Gasteiger partial charge in [0.2, 0.25) is 0 Å². The smallest absolute Gasteiger partial charge is 0.329 e. The molecule has 1 aromatic heterocycles. The van der Waals surface area contributed by atoms with Crippen LogP contribution in [0.2, 0.25) is 0 Å². The van der Waals surface area contributed by atoms with Gasteiger partial charge in [-0.1, -0.05) is 19.3 Å². The number of carboxylic acids is 1. The summed E-state index contributed by atoms with van der Waals surface area (Å²) in [5.41, 5.74) is -0.757. The molecule has 0 bridgehead atoms. The van der Waals surface area contributed by atoms with Gasteiger partial charge < -0.3 is 10.4 Å². The number of rotatable bonds is 3. The van der Waals surface area contributed by atoms with E-state index in [2.05, 4.69) is 10.3 Å². The van der Waals surface area contributed by atoms with Crippen molar-refractivity contribution in [2.75, 3.05) is 0 Å². The van der Waals surface area contributed by atoms with E-state index >= 15 is 0 Å². The van der Waals surface area contributed by atoms with Gasteiger partial charge in [0, 0.05) is 4.88 Å². The van der Waals surface area contributed by atoms with E-state index in [1.165, 1.54) is 11.3 Å². The number of carboxylic acid groups (broad SMARTS) is 1. The number of nitrogens with one attached hydrogen (secondary N) is 1. The highest BCUT2D eigenvalue weighted by molar-refractivity contribution is 7.11. The van der Waals surface area contributed by atoms with Crippen molar-refractivity contribution in [2.24, 2.45) is 0 Å². The summed E-state index contributed by atoms with van der Waals surface area (Å²) in [4.78, 5) is 28.7. The summed E-state index contributed by atoms with van der Waals surface area (Å²) in [5, 5.41) is 12.9. The molecule has 0 atom stereocenters. The Morgan fingerprint density at radius 2 is 1.89 bits per heavy atom. The third-order valence-corrected chi connectivity index (χ3v) is 4.47. The van der Waals surface area contributed by atoms with Gasteiger partial charge in [-0.05, 0) is 26.7 Å². The maximum atomic E-state index is 12.2. The van der Waals surface area contributed by atoms with Gasteiger partial charge in [0.05, 0.1) is 5.01 Å². The Hall–Kier alpha value is -1.43. The first-order chi connectivity index (χ1) is 8.94. The summed E-state index contributed by atoms with van der Waals surface area (Å²) in [7, 11) is 0. The Labute approximate surface area is 116 Å². The number of thiazole rings is 1. The fourth-order valence-electron chi connectivity index (χ4n) is 2.56. The molecule has 6 heteroatoms. The monoisotopic (exact) mass is 282 g/mol. The van der Waals surface area contributed by atoms with Gasteiger partial charge in [-0.25, -0.2) is 9.78 Å². The van der Waals surface area contributed by atoms with E-state index in [0.29, 0.717) is 18.5 Å². The molecule has 1 saturated carbocycles. The van der Waals surface area contributed by atoms with Gasteiger partial charge in [0.15, 0.2) is 0 Å². The van der Waals surface area contributed by atoms with Crippen LogP contribution in [0.1, 0.15) is 52.5 Å². The summed E-state index contributed by atoms with van der Waals surface area (Å²) in [6, 6.07) is 0. The summed E-state index contributed by atoms with van der Waals surface area (Å²) in [6.07, 6.45) is 3.69. The molecule has 0 saturated heterocycles. The summed E-state index contributed by atoms with van der Waals surface area (Å²) >= 11 is 1.45. The number of nitrogens with zero attached hydrogens (tertiary/aromatic N) is 1. The molecule has 0 aliphatic heterocycles. The Morgan fingerprint density at radius 1 is 1.26 bits per heavy atom. The quantitative estimate of drug-likeness (QED) is 0.891. The molecule has 0 aromatic carbocycles. The second kappa shape index (κ2) is 5.28. The van der Waals surface area contributed by atoms with E-state index in [0.717, 1.165) is 29.1 Å². The molecule has 1 aliphatic rings. The zero-order valence-corrected chi connectivity index (χ0v) is 12.0. The van der Waals surface area contributed by atoms with Crippen LogP contribution < -0.4 is 5.32 Å². The van der Waals surface area contributed by atoms with Crippen LogP contribution in [0, 0.1) is 13.8 Å². The van der Waals surface area contributed by atoms with Gasteiger partial charge in [0.25, 0.3) is 5.91 Å². The van der Waals surface area contributed by atoms with Crippen LogP contribution in [-0.4, -0.2) is 27.5 Å². The molecule has 0 spiro atoms. The molecule has 0 radical (unpaired) electrons. The molecule has 1 aromatic rings. The van der Waals surface area contributed by atoms with Crippen LogP contribution in [0.15, 0.2) is 0 Å². The lowest BCUT2D eigenvalue weighted by atomic mass is 9.81. The highest BCUT2D eigenvalue weighted by atomic mass is 32.1. The topological polar surface area (TPSA) is 79.3 Å². The number of amides is 1. The minimum Gasteiger partial charge on any atom is -0.480 e. The first-order valence-corrected chi connectivity index (χ1v) is 7.26. The minimum absolute atomic E-state index is 0.355. The van der Waals surface area contributed by atoms with E-state index in [-0.39, 0.29) is 5.91 Å². The average Bonchev–Trinajstić information content (AvgIpc) is 2.69. The highest BCUT2D eigenvalue weighted by Gasteiger charge is 2.41. The number of carbonyl (C=O) groups is 2. The largest absolute Gasteiger partial charge is 0.480 e. The summed E-state index contributed by atoms with van der Waals surface area (Å²) in [6.45, 7) is 3.66. The number of hydrogen-bond acceptors (Lipinski definition) is 4. The standard InChI is InChI=1S/C13H18N2O3S/c1-8-10(14-9(2)19-8)11(16)15-13(12(17)18)6-4-3-5-7-13/h3-7H2,1-2H3,(H,15,16)(H,17,18). The van der Waals surface area contributed by atoms with Gasteiger partial charge in [-0.3, -0.25) is 4.79 Å². The van der Waals surface area contributed by atoms with E-state index in [9.17, 15) is 14.7 Å². The van der Waals surface area contributed by atoms with E-state index in [1.54, 1.807) is 0 Å². The molecule has 2 rings (SSSR count). The minimum atomic E-state index is -1.11. The second-order valence-corrected chi connectivity index (χ2v) is 6.45. The molecule has 104 valence electrons. The van der Waals surface area contributed by atoms with Crippen molar-refractivity contribution in [1.29, 1.82) is 0 Å². The fourth-order valence-corrected chi connectivity index (χ4v) is 3.38. The number of hydrogen-bond donors (Lipinski definition) is 2. The van der Waals surface area contributed by atoms with Crippen LogP contribution in [0.3, 0.4) is 0 Å². The maximum Gasteiger partial charge on any atom is 0.329 e. The molecule has 1 aliphatic carbocycles. The zero-order chi connectivity index (χ0) is 14.0. The fraction of sp³-hybridized carbons (Fsp3) is 0.615. The van der Waals surface area contributed by atoms with Gasteiger partial charge in [0.1, 0.15) is 11.2 Å². The zero-order valence-electron chi connectivity index (χ0n) is 11.2. The van der Waals surface area contributed by atoms with E-state index in [1.807, 2.05) is 13.8 Å². The molecule has 5 nitrogen and oxygen atoms in total. The van der Waals surface area contributed by atoms with Crippen LogP contribution in [0.5, 0.6) is 0 Å². The molecule has 0 unspecified atom stereocenters. The van der Waals surface area contributed by atoms with Crippen molar-refractivity contribution in [3.05, 3.63) is 15.6 Å². The molecule has 19 heavy (non-hydrogen) atoms. The lowest BCUT2D eigenvalue weighted by Crippen LogP contribution is -2.55. The normalized spacial score (nSPS) is 18.0. The third-order valence-electron chi connectivity index (χ3n) is 3.59. The van der Waals surface area contributed by atoms with E-state index < -0.39 is 11.5 Å². The van der Waals surface area contributed by atoms with Gasteiger partial charge in [-0.2, -0.15) is 0 Å². The van der Waals surface area contributed by atoms with Crippen LogP contribution in [0.4, 0.5) is 0 Å². The predicted octanol–water partition coefficient (Wildman–Crippen LogP) is 2.28. The first kappa shape index (κ1) is 14.0. The number of aryl methyl sites for hydroxylation is 2. The number of aromatic nitrogens is 1. The SMILES string of the molecule is Cc1nc(C(=O)NC2(C(=O)O)CCCCC2)c(C)s1. The van der Waals surface area contributed by atoms with Crippen molar-refractivity contribution >= 4 is 23.2 Å². The van der Waals surface area contributed by atoms with Crippen LogP contribution >= 0.6 is 11.3 Å².